The van der Waals surface area contributed by atoms with Gasteiger partial charge in [-0.05, 0) is 28.1 Å². The zero-order valence-electron chi connectivity index (χ0n) is 8.76. The summed E-state index contributed by atoms with van der Waals surface area (Å²) in [6.45, 7) is 0.573. The first-order valence-electron chi connectivity index (χ1n) is 4.84. The van der Waals surface area contributed by atoms with Crippen LogP contribution in [0.5, 0.6) is 0 Å². The van der Waals surface area contributed by atoms with Gasteiger partial charge in [0, 0.05) is 6.20 Å². The minimum Gasteiger partial charge on any atom is -0.448 e. The maximum Gasteiger partial charge on any atom is 0.404 e. The second-order valence-electron chi connectivity index (χ2n) is 3.15. The van der Waals surface area contributed by atoms with Gasteiger partial charge in [-0.2, -0.15) is 4.98 Å². The molecule has 7 nitrogen and oxygen atoms in total. The molecule has 0 spiro atoms. The van der Waals surface area contributed by atoms with Gasteiger partial charge in [0.25, 0.3) is 0 Å². The van der Waals surface area contributed by atoms with E-state index in [2.05, 4.69) is 36.1 Å². The van der Waals surface area contributed by atoms with E-state index in [-0.39, 0.29) is 6.61 Å². The number of amides is 1. The summed E-state index contributed by atoms with van der Waals surface area (Å²) in [6, 6.07) is 3.73. The predicted molar refractivity (Wildman–Crippen MR) is 64.7 cm³/mol. The molecule has 90 valence electrons. The van der Waals surface area contributed by atoms with Gasteiger partial charge in [-0.1, -0.05) is 0 Å². The number of anilines is 1. The number of aromatic nitrogens is 3. The molecule has 2 heterocycles. The van der Waals surface area contributed by atoms with Crippen molar-refractivity contribution in [1.82, 2.24) is 14.6 Å². The van der Waals surface area contributed by atoms with Crippen LogP contribution in [0.15, 0.2) is 22.8 Å². The predicted octanol–water partition coefficient (Wildman–Crippen LogP) is 0.999. The number of primary amides is 1. The fraction of sp³-hybridized carbons (Fsp3) is 0.222. The van der Waals surface area contributed by atoms with E-state index in [4.69, 9.17) is 5.73 Å². The van der Waals surface area contributed by atoms with Gasteiger partial charge in [0.05, 0.1) is 11.0 Å². The molecule has 0 bridgehead atoms. The number of hydrogen-bond acceptors (Lipinski definition) is 5. The fourth-order valence-corrected chi connectivity index (χ4v) is 1.69. The molecular formula is C9H10BrN5O2. The minimum atomic E-state index is -0.794. The smallest absolute Gasteiger partial charge is 0.404 e. The zero-order valence-corrected chi connectivity index (χ0v) is 10.3. The summed E-state index contributed by atoms with van der Waals surface area (Å²) in [7, 11) is 0. The van der Waals surface area contributed by atoms with E-state index in [1.54, 1.807) is 10.7 Å². The van der Waals surface area contributed by atoms with E-state index in [0.29, 0.717) is 18.1 Å². The van der Waals surface area contributed by atoms with E-state index in [9.17, 15) is 4.79 Å². The second-order valence-corrected chi connectivity index (χ2v) is 4.01. The quantitative estimate of drug-likeness (QED) is 0.821. The summed E-state index contributed by atoms with van der Waals surface area (Å²) in [5.74, 6) is 0.463. The van der Waals surface area contributed by atoms with E-state index >= 15 is 0 Å². The lowest BCUT2D eigenvalue weighted by Gasteiger charge is -2.00. The number of nitrogens with zero attached hydrogens (tertiary/aromatic N) is 3. The van der Waals surface area contributed by atoms with Crippen LogP contribution in [0.4, 0.5) is 10.7 Å². The molecule has 2 aromatic rings. The molecule has 17 heavy (non-hydrogen) atoms. The molecule has 0 aliphatic heterocycles. The minimum absolute atomic E-state index is 0.173. The molecule has 2 rings (SSSR count). The number of nitrogens with two attached hydrogens (primary N) is 1. The zero-order chi connectivity index (χ0) is 12.3. The summed E-state index contributed by atoms with van der Waals surface area (Å²) in [5.41, 5.74) is 5.54. The normalized spacial score (nSPS) is 10.4. The Bertz CT molecular complexity index is 541. The molecule has 0 fully saturated rings. The van der Waals surface area contributed by atoms with Gasteiger partial charge in [-0.25, -0.2) is 9.31 Å². The molecule has 2 aromatic heterocycles. The number of halogens is 1. The van der Waals surface area contributed by atoms with Crippen LogP contribution in [0.1, 0.15) is 0 Å². The Morgan fingerprint density at radius 3 is 3.18 bits per heavy atom. The monoisotopic (exact) mass is 299 g/mol. The number of pyridine rings is 1. The summed E-state index contributed by atoms with van der Waals surface area (Å²) >= 11 is 3.37. The van der Waals surface area contributed by atoms with Crippen LogP contribution in [0, 0.1) is 0 Å². The average Bonchev–Trinajstić information content (AvgIpc) is 2.69. The van der Waals surface area contributed by atoms with Crippen LogP contribution in [0.2, 0.25) is 0 Å². The Morgan fingerprint density at radius 2 is 2.47 bits per heavy atom. The van der Waals surface area contributed by atoms with Crippen molar-refractivity contribution in [3.8, 4) is 0 Å². The van der Waals surface area contributed by atoms with Crippen LogP contribution in [0.25, 0.3) is 5.65 Å². The van der Waals surface area contributed by atoms with Crippen molar-refractivity contribution in [3.63, 3.8) is 0 Å². The fourth-order valence-electron chi connectivity index (χ4n) is 1.26. The first kappa shape index (κ1) is 11.6. The molecule has 1 amide bonds. The lowest BCUT2D eigenvalue weighted by Crippen LogP contribution is -2.18. The van der Waals surface area contributed by atoms with Crippen LogP contribution in [0.3, 0.4) is 0 Å². The van der Waals surface area contributed by atoms with Gasteiger partial charge in [-0.15, -0.1) is 5.10 Å². The Kier molecular flexibility index (Phi) is 3.43. The third-order valence-electron chi connectivity index (χ3n) is 1.94. The molecular weight excluding hydrogens is 290 g/mol. The molecule has 0 saturated carbocycles. The number of fused-ring (bicyclic) bond motifs is 1. The van der Waals surface area contributed by atoms with Crippen molar-refractivity contribution in [2.45, 2.75) is 0 Å². The number of nitrogens with one attached hydrogen (secondary N) is 1. The summed E-state index contributed by atoms with van der Waals surface area (Å²) in [4.78, 5) is 14.6. The Morgan fingerprint density at radius 1 is 1.65 bits per heavy atom. The standard InChI is InChI=1S/C9H10BrN5O2/c10-6-2-1-4-15-7(6)13-9(14-15)12-3-5-17-8(11)16/h1-2,4H,3,5H2,(H2,11,16)(H,12,14). The van der Waals surface area contributed by atoms with Crippen molar-refractivity contribution in [3.05, 3.63) is 22.8 Å². The summed E-state index contributed by atoms with van der Waals surface area (Å²) in [5, 5.41) is 7.10. The highest BCUT2D eigenvalue weighted by Crippen LogP contribution is 2.16. The molecule has 0 atom stereocenters. The Hall–Kier alpha value is -1.83. The molecule has 0 aliphatic carbocycles. The molecule has 0 aromatic carbocycles. The second kappa shape index (κ2) is 5.00. The summed E-state index contributed by atoms with van der Waals surface area (Å²) < 4.78 is 7.06. The lowest BCUT2D eigenvalue weighted by molar-refractivity contribution is 0.161. The highest BCUT2D eigenvalue weighted by atomic mass is 79.9. The van der Waals surface area contributed by atoms with Crippen LogP contribution >= 0.6 is 15.9 Å². The number of hydrogen-bond donors (Lipinski definition) is 2. The van der Waals surface area contributed by atoms with Crippen molar-refractivity contribution in [2.75, 3.05) is 18.5 Å². The maximum atomic E-state index is 10.3. The van der Waals surface area contributed by atoms with Crippen molar-refractivity contribution >= 4 is 33.6 Å². The van der Waals surface area contributed by atoms with E-state index in [0.717, 1.165) is 4.47 Å². The van der Waals surface area contributed by atoms with Crippen molar-refractivity contribution in [2.24, 2.45) is 5.73 Å². The number of ether oxygens (including phenoxy) is 1. The largest absolute Gasteiger partial charge is 0.448 e. The number of carbonyl (C=O) groups is 1. The topological polar surface area (TPSA) is 94.5 Å². The molecule has 8 heteroatoms. The highest BCUT2D eigenvalue weighted by Gasteiger charge is 2.05. The first-order chi connectivity index (χ1) is 8.16. The Balaban J connectivity index is 2.00. The molecule has 0 aliphatic rings. The van der Waals surface area contributed by atoms with Crippen LogP contribution in [-0.2, 0) is 4.74 Å². The lowest BCUT2D eigenvalue weighted by atomic mass is 10.5. The van der Waals surface area contributed by atoms with Gasteiger partial charge in [-0.3, -0.25) is 0 Å². The van der Waals surface area contributed by atoms with Crippen molar-refractivity contribution in [1.29, 1.82) is 0 Å². The van der Waals surface area contributed by atoms with Crippen molar-refractivity contribution < 1.29 is 9.53 Å². The van der Waals surface area contributed by atoms with Gasteiger partial charge >= 0.3 is 6.09 Å². The number of rotatable bonds is 4. The molecule has 0 saturated heterocycles. The maximum absolute atomic E-state index is 10.3. The average molecular weight is 300 g/mol. The van der Waals surface area contributed by atoms with E-state index in [1.165, 1.54) is 0 Å². The van der Waals surface area contributed by atoms with Gasteiger partial charge in [0.1, 0.15) is 6.61 Å². The first-order valence-corrected chi connectivity index (χ1v) is 5.63. The van der Waals surface area contributed by atoms with Crippen LogP contribution < -0.4 is 11.1 Å². The molecule has 0 unspecified atom stereocenters. The third-order valence-corrected chi connectivity index (χ3v) is 2.56. The molecule has 3 N–H and O–H groups in total. The highest BCUT2D eigenvalue weighted by molar-refractivity contribution is 9.10. The van der Waals surface area contributed by atoms with Gasteiger partial charge < -0.3 is 15.8 Å². The van der Waals surface area contributed by atoms with Gasteiger partial charge in [0.2, 0.25) is 5.95 Å². The third kappa shape index (κ3) is 2.84. The number of carbonyl (C=O) groups excluding carboxylic acids is 1. The summed E-state index contributed by atoms with van der Waals surface area (Å²) in [6.07, 6.45) is 0.996. The van der Waals surface area contributed by atoms with Crippen LogP contribution in [-0.4, -0.2) is 33.8 Å². The van der Waals surface area contributed by atoms with E-state index in [1.807, 2.05) is 12.1 Å². The van der Waals surface area contributed by atoms with Gasteiger partial charge in [0.15, 0.2) is 5.65 Å². The molecule has 0 radical (unpaired) electrons. The van der Waals surface area contributed by atoms with E-state index < -0.39 is 6.09 Å². The Labute approximate surface area is 105 Å². The SMILES string of the molecule is NC(=O)OCCNc1nc2c(Br)cccn2n1.